The summed E-state index contributed by atoms with van der Waals surface area (Å²) < 4.78 is 13.3. The first kappa shape index (κ1) is 19.1. The van der Waals surface area contributed by atoms with Crippen molar-refractivity contribution in [3.05, 3.63) is 70.5 Å². The van der Waals surface area contributed by atoms with Crippen LogP contribution in [0.25, 0.3) is 11.0 Å². The topological polar surface area (TPSA) is 75.2 Å². The molecule has 0 amide bonds. The standard InChI is InChI=1S/C22H21ClN4O2/c1-13-10-18(24)17(23)11-20(13)29-19-8-9-25-22-21(19)14(2)26-27(22)12-15-4-6-16(28-3)7-5-15/h4-11H,12,24H2,1-3H3. The smallest absolute Gasteiger partial charge is 0.162 e. The van der Waals surface area contributed by atoms with E-state index < -0.39 is 0 Å². The number of nitrogens with zero attached hydrogens (tertiary/aromatic N) is 3. The predicted octanol–water partition coefficient (Wildman–Crippen LogP) is 5.13. The third-order valence-electron chi connectivity index (χ3n) is 4.78. The van der Waals surface area contributed by atoms with Crippen LogP contribution in [0.2, 0.25) is 5.02 Å². The van der Waals surface area contributed by atoms with E-state index in [9.17, 15) is 0 Å². The molecule has 4 rings (SSSR count). The average Bonchev–Trinajstić information content (AvgIpc) is 3.03. The van der Waals surface area contributed by atoms with Crippen LogP contribution in [0.4, 0.5) is 5.69 Å². The summed E-state index contributed by atoms with van der Waals surface area (Å²) in [4.78, 5) is 4.54. The fourth-order valence-electron chi connectivity index (χ4n) is 3.26. The quantitative estimate of drug-likeness (QED) is 0.463. The maximum Gasteiger partial charge on any atom is 0.162 e. The first-order chi connectivity index (χ1) is 14.0. The van der Waals surface area contributed by atoms with Crippen molar-refractivity contribution >= 4 is 28.3 Å². The van der Waals surface area contributed by atoms with Crippen LogP contribution < -0.4 is 15.2 Å². The highest BCUT2D eigenvalue weighted by atomic mass is 35.5. The summed E-state index contributed by atoms with van der Waals surface area (Å²) in [7, 11) is 1.65. The number of rotatable bonds is 5. The SMILES string of the molecule is COc1ccc(Cn2nc(C)c3c(Oc4cc(Cl)c(N)cc4C)ccnc32)cc1. The number of halogens is 1. The van der Waals surface area contributed by atoms with E-state index in [4.69, 9.17) is 26.8 Å². The predicted molar refractivity (Wildman–Crippen MR) is 115 cm³/mol. The third-order valence-corrected chi connectivity index (χ3v) is 5.10. The van der Waals surface area contributed by atoms with Crippen LogP contribution in [0, 0.1) is 13.8 Å². The molecule has 0 aliphatic heterocycles. The maximum atomic E-state index is 6.18. The molecule has 0 spiro atoms. The van der Waals surface area contributed by atoms with Crippen LogP contribution in [0.15, 0.2) is 48.7 Å². The molecular weight excluding hydrogens is 388 g/mol. The number of fused-ring (bicyclic) bond motifs is 1. The largest absolute Gasteiger partial charge is 0.497 e. The van der Waals surface area contributed by atoms with E-state index in [0.717, 1.165) is 33.6 Å². The van der Waals surface area contributed by atoms with Gasteiger partial charge in [-0.3, -0.25) is 0 Å². The lowest BCUT2D eigenvalue weighted by Crippen LogP contribution is -2.03. The number of benzene rings is 2. The van der Waals surface area contributed by atoms with Gasteiger partial charge in [-0.05, 0) is 49.2 Å². The van der Waals surface area contributed by atoms with Crippen LogP contribution in [0.5, 0.6) is 17.2 Å². The fraction of sp³-hybridized carbons (Fsp3) is 0.182. The summed E-state index contributed by atoms with van der Waals surface area (Å²) in [5.74, 6) is 2.15. The molecule has 148 valence electrons. The molecule has 0 radical (unpaired) electrons. The summed E-state index contributed by atoms with van der Waals surface area (Å²) >= 11 is 6.17. The van der Waals surface area contributed by atoms with E-state index in [1.807, 2.05) is 48.9 Å². The summed E-state index contributed by atoms with van der Waals surface area (Å²) in [6.45, 7) is 4.47. The molecule has 0 aliphatic rings. The second-order valence-electron chi connectivity index (χ2n) is 6.84. The monoisotopic (exact) mass is 408 g/mol. The number of nitrogen functional groups attached to an aromatic ring is 1. The molecule has 0 atom stereocenters. The van der Waals surface area contributed by atoms with Gasteiger partial charge in [0.2, 0.25) is 0 Å². The van der Waals surface area contributed by atoms with Crippen LogP contribution in [0.1, 0.15) is 16.8 Å². The number of methoxy groups -OCH3 is 1. The lowest BCUT2D eigenvalue weighted by molar-refractivity contribution is 0.414. The van der Waals surface area contributed by atoms with E-state index in [2.05, 4.69) is 10.1 Å². The molecule has 0 bridgehead atoms. The summed E-state index contributed by atoms with van der Waals surface area (Å²) in [6.07, 6.45) is 1.72. The van der Waals surface area contributed by atoms with Gasteiger partial charge in [-0.15, -0.1) is 0 Å². The molecule has 0 aliphatic carbocycles. The zero-order valence-electron chi connectivity index (χ0n) is 16.4. The molecule has 2 N–H and O–H groups in total. The Morgan fingerprint density at radius 2 is 1.83 bits per heavy atom. The van der Waals surface area contributed by atoms with Crippen molar-refractivity contribution in [3.8, 4) is 17.2 Å². The van der Waals surface area contributed by atoms with E-state index in [1.54, 1.807) is 25.4 Å². The Bertz CT molecular complexity index is 1190. The fourth-order valence-corrected chi connectivity index (χ4v) is 3.41. The second-order valence-corrected chi connectivity index (χ2v) is 7.25. The molecule has 7 heteroatoms. The molecule has 2 heterocycles. The van der Waals surface area contributed by atoms with E-state index in [0.29, 0.717) is 28.8 Å². The minimum Gasteiger partial charge on any atom is -0.497 e. The highest BCUT2D eigenvalue weighted by Crippen LogP contribution is 2.35. The van der Waals surface area contributed by atoms with Crippen molar-refractivity contribution in [1.82, 2.24) is 14.8 Å². The first-order valence-corrected chi connectivity index (χ1v) is 9.52. The summed E-state index contributed by atoms with van der Waals surface area (Å²) in [5.41, 5.74) is 10.0. The summed E-state index contributed by atoms with van der Waals surface area (Å²) in [6, 6.07) is 13.3. The van der Waals surface area contributed by atoms with Crippen molar-refractivity contribution in [2.45, 2.75) is 20.4 Å². The van der Waals surface area contributed by atoms with Gasteiger partial charge >= 0.3 is 0 Å². The third kappa shape index (κ3) is 3.71. The number of aryl methyl sites for hydroxylation is 2. The number of anilines is 1. The lowest BCUT2D eigenvalue weighted by atomic mass is 10.2. The highest BCUT2D eigenvalue weighted by Gasteiger charge is 2.16. The minimum atomic E-state index is 0.461. The summed E-state index contributed by atoms with van der Waals surface area (Å²) in [5, 5.41) is 6.01. The van der Waals surface area contributed by atoms with Crippen molar-refractivity contribution in [2.24, 2.45) is 0 Å². The number of hydrogen-bond acceptors (Lipinski definition) is 5. The van der Waals surface area contributed by atoms with Gasteiger partial charge in [0.05, 0.1) is 35.4 Å². The van der Waals surface area contributed by atoms with E-state index >= 15 is 0 Å². The van der Waals surface area contributed by atoms with Gasteiger partial charge in [0, 0.05) is 12.3 Å². The molecule has 0 saturated heterocycles. The van der Waals surface area contributed by atoms with Crippen molar-refractivity contribution < 1.29 is 9.47 Å². The molecule has 0 saturated carbocycles. The van der Waals surface area contributed by atoms with Crippen LogP contribution >= 0.6 is 11.6 Å². The zero-order chi connectivity index (χ0) is 20.5. The Kier molecular flexibility index (Phi) is 5.03. The van der Waals surface area contributed by atoms with Gasteiger partial charge in [-0.1, -0.05) is 23.7 Å². The van der Waals surface area contributed by atoms with Gasteiger partial charge in [0.1, 0.15) is 17.2 Å². The van der Waals surface area contributed by atoms with Crippen molar-refractivity contribution in [1.29, 1.82) is 0 Å². The molecule has 2 aromatic heterocycles. The Balaban J connectivity index is 1.71. The molecule has 2 aromatic carbocycles. The number of nitrogens with two attached hydrogens (primary N) is 1. The average molecular weight is 409 g/mol. The Morgan fingerprint density at radius 3 is 2.55 bits per heavy atom. The van der Waals surface area contributed by atoms with E-state index in [-0.39, 0.29) is 0 Å². The second kappa shape index (κ2) is 7.64. The minimum absolute atomic E-state index is 0.461. The van der Waals surface area contributed by atoms with Crippen LogP contribution in [-0.2, 0) is 6.54 Å². The molecule has 0 unspecified atom stereocenters. The zero-order valence-corrected chi connectivity index (χ0v) is 17.2. The normalized spacial score (nSPS) is 11.0. The first-order valence-electron chi connectivity index (χ1n) is 9.15. The van der Waals surface area contributed by atoms with Crippen molar-refractivity contribution in [2.75, 3.05) is 12.8 Å². The Hall–Kier alpha value is -3.25. The van der Waals surface area contributed by atoms with Gasteiger partial charge in [0.25, 0.3) is 0 Å². The van der Waals surface area contributed by atoms with Gasteiger partial charge in [-0.25, -0.2) is 9.67 Å². The van der Waals surface area contributed by atoms with Gasteiger partial charge in [0.15, 0.2) is 5.65 Å². The molecular formula is C22H21ClN4O2. The van der Waals surface area contributed by atoms with Crippen molar-refractivity contribution in [3.63, 3.8) is 0 Å². The maximum absolute atomic E-state index is 6.18. The molecule has 29 heavy (non-hydrogen) atoms. The van der Waals surface area contributed by atoms with E-state index in [1.165, 1.54) is 0 Å². The number of hydrogen-bond donors (Lipinski definition) is 1. The number of ether oxygens (including phenoxy) is 2. The highest BCUT2D eigenvalue weighted by molar-refractivity contribution is 6.33. The number of pyridine rings is 1. The lowest BCUT2D eigenvalue weighted by Gasteiger charge is -2.11. The Labute approximate surface area is 173 Å². The van der Waals surface area contributed by atoms with Crippen LogP contribution in [0.3, 0.4) is 0 Å². The van der Waals surface area contributed by atoms with Gasteiger partial charge < -0.3 is 15.2 Å². The van der Waals surface area contributed by atoms with Gasteiger partial charge in [-0.2, -0.15) is 5.10 Å². The molecule has 4 aromatic rings. The van der Waals surface area contributed by atoms with Crippen LogP contribution in [-0.4, -0.2) is 21.9 Å². The Morgan fingerprint density at radius 1 is 1.07 bits per heavy atom. The molecule has 6 nitrogen and oxygen atoms in total. The number of aromatic nitrogens is 3. The molecule has 0 fully saturated rings.